The monoisotopic (exact) mass is 848 g/mol. The fourth-order valence-electron chi connectivity index (χ4n) is 7.77. The first-order valence-electron chi connectivity index (χ1n) is 19.5. The molecule has 2 saturated heterocycles. The molecule has 2 fully saturated rings. The van der Waals surface area contributed by atoms with Crippen molar-refractivity contribution in [2.45, 2.75) is 62.9 Å². The van der Waals surface area contributed by atoms with Gasteiger partial charge in [0.05, 0.1) is 10.5 Å². The lowest BCUT2D eigenvalue weighted by Crippen LogP contribution is -2.28. The summed E-state index contributed by atoms with van der Waals surface area (Å²) in [6.07, 6.45) is 0.813. The Hall–Kier alpha value is -5.86. The fourth-order valence-corrected chi connectivity index (χ4v) is 9.54. The van der Waals surface area contributed by atoms with E-state index in [2.05, 4.69) is 20.6 Å². The molecule has 308 valence electrons. The molecule has 0 spiro atoms. The predicted octanol–water partition coefficient (Wildman–Crippen LogP) is 9.63. The Bertz CT molecular complexity index is 2600. The molecule has 0 bridgehead atoms. The van der Waals surface area contributed by atoms with Gasteiger partial charge in [-0.05, 0) is 94.8 Å². The van der Waals surface area contributed by atoms with Gasteiger partial charge in [0.1, 0.15) is 11.6 Å². The summed E-state index contributed by atoms with van der Waals surface area (Å²) in [7, 11) is 0. The van der Waals surface area contributed by atoms with Gasteiger partial charge in [-0.1, -0.05) is 112 Å². The van der Waals surface area contributed by atoms with Crippen LogP contribution in [0, 0.1) is 23.5 Å². The van der Waals surface area contributed by atoms with E-state index in [-0.39, 0.29) is 68.7 Å². The Morgan fingerprint density at radius 1 is 0.533 bits per heavy atom. The minimum Gasteiger partial charge on any atom is -0.322 e. The van der Waals surface area contributed by atoms with Gasteiger partial charge in [-0.3, -0.25) is 39.4 Å². The molecule has 2 aliphatic heterocycles. The molecule has 4 amide bonds. The van der Waals surface area contributed by atoms with Crippen LogP contribution in [0.1, 0.15) is 63.5 Å². The number of thioether (sulfide) groups is 2. The second-order valence-corrected chi connectivity index (χ2v) is 18.0. The van der Waals surface area contributed by atoms with Gasteiger partial charge in [-0.25, -0.2) is 8.78 Å². The molecule has 10 nitrogen and oxygen atoms in total. The van der Waals surface area contributed by atoms with Gasteiger partial charge in [0.15, 0.2) is 0 Å². The number of imide groups is 2. The third-order valence-corrected chi connectivity index (χ3v) is 13.1. The maximum atomic E-state index is 14.1. The topological polar surface area (TPSA) is 158 Å². The van der Waals surface area contributed by atoms with Crippen molar-refractivity contribution in [2.24, 2.45) is 11.8 Å². The third kappa shape index (κ3) is 9.14. The number of aromatic nitrogens is 2. The molecule has 4 N–H and O–H groups in total. The molecule has 4 aromatic carbocycles. The van der Waals surface area contributed by atoms with Crippen molar-refractivity contribution in [3.05, 3.63) is 141 Å². The number of amides is 4. The molecule has 0 unspecified atom stereocenters. The summed E-state index contributed by atoms with van der Waals surface area (Å²) < 4.78 is 28.3. The number of rotatable bonds is 10. The van der Waals surface area contributed by atoms with E-state index in [0.717, 1.165) is 34.3 Å². The minimum atomic E-state index is -0.493. The van der Waals surface area contributed by atoms with Crippen LogP contribution in [-0.4, -0.2) is 42.8 Å². The number of fused-ring (bicyclic) bond motifs is 2. The molecule has 2 aliphatic rings. The van der Waals surface area contributed by atoms with Crippen molar-refractivity contribution < 1.29 is 28.0 Å². The van der Waals surface area contributed by atoms with E-state index >= 15 is 0 Å². The van der Waals surface area contributed by atoms with Crippen molar-refractivity contribution in [2.75, 3.05) is 0 Å². The highest BCUT2D eigenvalue weighted by atomic mass is 32.2. The van der Waals surface area contributed by atoms with Crippen LogP contribution in [-0.2, 0) is 9.59 Å². The van der Waals surface area contributed by atoms with Gasteiger partial charge in [-0.15, -0.1) is 0 Å². The van der Waals surface area contributed by atoms with E-state index in [9.17, 15) is 37.5 Å². The number of hydrogen-bond donors (Lipinski definition) is 4. The van der Waals surface area contributed by atoms with Crippen molar-refractivity contribution in [3.63, 3.8) is 0 Å². The molecule has 4 heterocycles. The Kier molecular flexibility index (Phi) is 12.5. The second-order valence-electron chi connectivity index (χ2n) is 15.6. The summed E-state index contributed by atoms with van der Waals surface area (Å²) in [6, 6.07) is 27.7. The van der Waals surface area contributed by atoms with Crippen molar-refractivity contribution >= 4 is 67.4 Å². The maximum Gasteiger partial charge on any atom is 0.286 e. The standard InChI is InChI=1S/2C23H21FN2O3S/c2*1-12(2)16(11-20-22(28)26-23(29)30-20)15-8-9-19(25-21(15)27)14-7-6-13-4-3-5-18(24)17(13)10-14/h2*3-10,12,16,20H,11H2,1-2H3,(H,25,27)(H,26,28,29)/t16-,20+;16-,20-/m01/s1. The number of carbonyl (C=O) groups excluding carboxylic acids is 4. The quantitative estimate of drug-likeness (QED) is 0.106. The first-order chi connectivity index (χ1) is 28.7. The molecular formula is C46H42F2N4O6S2. The molecule has 0 aliphatic carbocycles. The number of H-pyrrole nitrogens is 2. The van der Waals surface area contributed by atoms with E-state index in [0.29, 0.717) is 57.3 Å². The highest BCUT2D eigenvalue weighted by Crippen LogP contribution is 2.36. The summed E-state index contributed by atoms with van der Waals surface area (Å²) in [5, 5.41) is 5.48. The zero-order valence-electron chi connectivity index (χ0n) is 33.1. The Balaban J connectivity index is 0.000000181. The molecule has 6 aromatic rings. The van der Waals surface area contributed by atoms with Gasteiger partial charge >= 0.3 is 0 Å². The van der Waals surface area contributed by atoms with Crippen molar-refractivity contribution in [1.82, 2.24) is 20.6 Å². The summed E-state index contributed by atoms with van der Waals surface area (Å²) in [5.41, 5.74) is 3.30. The lowest BCUT2D eigenvalue weighted by Gasteiger charge is -2.22. The minimum absolute atomic E-state index is 0.107. The largest absolute Gasteiger partial charge is 0.322 e. The van der Waals surface area contributed by atoms with Gasteiger partial charge in [-0.2, -0.15) is 0 Å². The van der Waals surface area contributed by atoms with Crippen LogP contribution in [0.3, 0.4) is 0 Å². The van der Waals surface area contributed by atoms with E-state index < -0.39 is 10.5 Å². The van der Waals surface area contributed by atoms with Crippen LogP contribution in [0.5, 0.6) is 0 Å². The maximum absolute atomic E-state index is 14.1. The number of halogens is 2. The Morgan fingerprint density at radius 2 is 0.933 bits per heavy atom. The van der Waals surface area contributed by atoms with E-state index in [1.165, 1.54) is 12.1 Å². The van der Waals surface area contributed by atoms with Crippen LogP contribution < -0.4 is 21.8 Å². The third-order valence-electron chi connectivity index (χ3n) is 11.0. The van der Waals surface area contributed by atoms with E-state index in [1.54, 1.807) is 48.5 Å². The fraction of sp³-hybridized carbons (Fsp3) is 0.261. The normalized spacial score (nSPS) is 17.5. The van der Waals surface area contributed by atoms with Crippen LogP contribution in [0.25, 0.3) is 44.1 Å². The number of carbonyl (C=O) groups is 4. The molecule has 8 rings (SSSR count). The first kappa shape index (κ1) is 42.3. The Morgan fingerprint density at radius 3 is 1.27 bits per heavy atom. The first-order valence-corrected chi connectivity index (χ1v) is 21.3. The average molecular weight is 849 g/mol. The van der Waals surface area contributed by atoms with Gasteiger partial charge < -0.3 is 9.97 Å². The predicted molar refractivity (Wildman–Crippen MR) is 234 cm³/mol. The highest BCUT2D eigenvalue weighted by Gasteiger charge is 2.36. The molecular weight excluding hydrogens is 807 g/mol. The van der Waals surface area contributed by atoms with E-state index in [1.807, 2.05) is 64.1 Å². The number of benzene rings is 4. The van der Waals surface area contributed by atoms with Crippen LogP contribution in [0.4, 0.5) is 18.4 Å². The summed E-state index contributed by atoms with van der Waals surface area (Å²) in [5.74, 6) is -1.36. The summed E-state index contributed by atoms with van der Waals surface area (Å²) in [6.45, 7) is 7.96. The number of nitrogens with one attached hydrogen (secondary N) is 4. The zero-order chi connectivity index (χ0) is 42.8. The molecule has 60 heavy (non-hydrogen) atoms. The molecule has 0 radical (unpaired) electrons. The van der Waals surface area contributed by atoms with Crippen molar-refractivity contribution in [3.8, 4) is 22.5 Å². The smallest absolute Gasteiger partial charge is 0.286 e. The molecule has 0 saturated carbocycles. The number of pyridine rings is 2. The van der Waals surface area contributed by atoms with Crippen LogP contribution in [0.2, 0.25) is 0 Å². The summed E-state index contributed by atoms with van der Waals surface area (Å²) >= 11 is 1.95. The van der Waals surface area contributed by atoms with Crippen LogP contribution >= 0.6 is 23.5 Å². The van der Waals surface area contributed by atoms with Gasteiger partial charge in [0, 0.05) is 33.3 Å². The SMILES string of the molecule is CC(C)[C@@H](C[C@H]1SC(=O)NC1=O)c1ccc(-c2ccc3cccc(F)c3c2)[nH]c1=O.CC(C)[C@H](C[C@H]1SC(=O)NC1=O)c1ccc(-c2ccc3cccc(F)c3c2)[nH]c1=O. The molecule has 4 atom stereocenters. The Labute approximate surface area is 352 Å². The van der Waals surface area contributed by atoms with Crippen LogP contribution in [0.15, 0.2) is 107 Å². The average Bonchev–Trinajstić information content (AvgIpc) is 3.72. The van der Waals surface area contributed by atoms with Gasteiger partial charge in [0.25, 0.3) is 21.6 Å². The lowest BCUT2D eigenvalue weighted by atomic mass is 9.85. The van der Waals surface area contributed by atoms with Crippen molar-refractivity contribution in [1.29, 1.82) is 0 Å². The molecule has 14 heteroatoms. The lowest BCUT2D eigenvalue weighted by molar-refractivity contribution is -0.120. The number of hydrogen-bond acceptors (Lipinski definition) is 8. The second kappa shape index (κ2) is 17.8. The van der Waals surface area contributed by atoms with E-state index in [4.69, 9.17) is 0 Å². The summed E-state index contributed by atoms with van der Waals surface area (Å²) in [4.78, 5) is 78.5. The zero-order valence-corrected chi connectivity index (χ0v) is 34.8. The number of aromatic amines is 2. The van der Waals surface area contributed by atoms with Gasteiger partial charge in [0.2, 0.25) is 11.8 Å². The highest BCUT2D eigenvalue weighted by molar-refractivity contribution is 8.15. The molecule has 2 aromatic heterocycles.